The molecule has 0 aliphatic heterocycles. The van der Waals surface area contributed by atoms with E-state index in [-0.39, 0.29) is 12.8 Å². The summed E-state index contributed by atoms with van der Waals surface area (Å²) in [6, 6.07) is 0. The average Bonchev–Trinajstić information content (AvgIpc) is 1.84. The number of halogens is 2. The van der Waals surface area contributed by atoms with Gasteiger partial charge in [-0.1, -0.05) is 13.3 Å². The predicted molar refractivity (Wildman–Crippen MR) is 38.4 cm³/mol. The first kappa shape index (κ1) is 9.82. The molecule has 0 aromatic carbocycles. The molecule has 0 saturated carbocycles. The molecule has 0 aliphatic carbocycles. The van der Waals surface area contributed by atoms with Crippen molar-refractivity contribution in [1.29, 1.82) is 0 Å². The third-order valence-electron chi connectivity index (χ3n) is 1.36. The number of alkyl halides is 2. The fourth-order valence-electron chi connectivity index (χ4n) is 0.799. The Labute approximate surface area is 60.8 Å². The summed E-state index contributed by atoms with van der Waals surface area (Å²) >= 11 is 0. The zero-order valence-corrected chi connectivity index (χ0v) is 6.58. The molecule has 62 valence electrons. The molecule has 3 heteroatoms. The minimum Gasteiger partial charge on any atom is -0.320 e. The Morgan fingerprint density at radius 3 is 2.30 bits per heavy atom. The van der Waals surface area contributed by atoms with E-state index >= 15 is 0 Å². The zero-order valence-electron chi connectivity index (χ0n) is 6.58. The Morgan fingerprint density at radius 2 is 1.90 bits per heavy atom. The second kappa shape index (κ2) is 4.61. The Hall–Kier alpha value is -0.180. The first-order valence-electron chi connectivity index (χ1n) is 3.65. The first-order chi connectivity index (χ1) is 4.62. The van der Waals surface area contributed by atoms with Crippen LogP contribution >= 0.6 is 0 Å². The van der Waals surface area contributed by atoms with Crippen molar-refractivity contribution in [3.05, 3.63) is 0 Å². The normalized spacial score (nSPS) is 12.0. The van der Waals surface area contributed by atoms with Gasteiger partial charge in [0.15, 0.2) is 0 Å². The molecule has 0 amide bonds. The Morgan fingerprint density at radius 1 is 1.30 bits per heavy atom. The molecule has 0 rings (SSSR count). The summed E-state index contributed by atoms with van der Waals surface area (Å²) in [5.41, 5.74) is 0. The molecule has 0 fully saturated rings. The van der Waals surface area contributed by atoms with Crippen LogP contribution in [-0.4, -0.2) is 19.5 Å². The summed E-state index contributed by atoms with van der Waals surface area (Å²) in [6.07, 6.45) is 0.517. The number of hydrogen-bond acceptors (Lipinski definition) is 1. The fraction of sp³-hybridized carbons (Fsp3) is 1.00. The van der Waals surface area contributed by atoms with E-state index in [9.17, 15) is 8.78 Å². The molecule has 0 heterocycles. The van der Waals surface area contributed by atoms with Gasteiger partial charge in [-0.3, -0.25) is 0 Å². The van der Waals surface area contributed by atoms with Crippen molar-refractivity contribution in [3.63, 3.8) is 0 Å². The molecule has 0 radical (unpaired) electrons. The van der Waals surface area contributed by atoms with Gasteiger partial charge in [0.1, 0.15) is 0 Å². The van der Waals surface area contributed by atoms with Crippen molar-refractivity contribution in [3.8, 4) is 0 Å². The largest absolute Gasteiger partial charge is 0.320 e. The quantitative estimate of drug-likeness (QED) is 0.634. The highest BCUT2D eigenvalue weighted by atomic mass is 19.3. The van der Waals surface area contributed by atoms with Crippen molar-refractivity contribution >= 4 is 0 Å². The van der Waals surface area contributed by atoms with Crippen LogP contribution in [0.15, 0.2) is 0 Å². The van der Waals surface area contributed by atoms with Crippen LogP contribution in [0.4, 0.5) is 8.78 Å². The highest BCUT2D eigenvalue weighted by Crippen LogP contribution is 2.23. The van der Waals surface area contributed by atoms with Crippen molar-refractivity contribution < 1.29 is 8.78 Å². The lowest BCUT2D eigenvalue weighted by atomic mass is 10.1. The highest BCUT2D eigenvalue weighted by molar-refractivity contribution is 4.65. The second-order valence-electron chi connectivity index (χ2n) is 2.46. The maximum atomic E-state index is 12.6. The topological polar surface area (TPSA) is 12.0 Å². The van der Waals surface area contributed by atoms with Crippen LogP contribution in [0.3, 0.4) is 0 Å². The van der Waals surface area contributed by atoms with Gasteiger partial charge in [0.25, 0.3) is 0 Å². The summed E-state index contributed by atoms with van der Waals surface area (Å²) in [7, 11) is 1.68. The van der Waals surface area contributed by atoms with Gasteiger partial charge in [-0.2, -0.15) is 0 Å². The lowest BCUT2D eigenvalue weighted by Gasteiger charge is -2.14. The number of hydrogen-bond donors (Lipinski definition) is 1. The van der Waals surface area contributed by atoms with Crippen LogP contribution in [0, 0.1) is 0 Å². The van der Waals surface area contributed by atoms with Crippen molar-refractivity contribution in [2.45, 2.75) is 32.1 Å². The monoisotopic (exact) mass is 151 g/mol. The molecule has 0 aromatic rings. The van der Waals surface area contributed by atoms with Gasteiger partial charge < -0.3 is 5.32 Å². The number of nitrogens with one attached hydrogen (secondary N) is 1. The lowest BCUT2D eigenvalue weighted by molar-refractivity contribution is -0.0157. The van der Waals surface area contributed by atoms with E-state index in [1.807, 2.05) is 0 Å². The second-order valence-corrected chi connectivity index (χ2v) is 2.46. The van der Waals surface area contributed by atoms with Crippen LogP contribution in [0.25, 0.3) is 0 Å². The molecule has 0 bridgehead atoms. The van der Waals surface area contributed by atoms with Crippen LogP contribution in [0.2, 0.25) is 0 Å². The molecule has 0 aliphatic rings. The molecule has 1 nitrogen and oxygen atoms in total. The summed E-state index contributed by atoms with van der Waals surface area (Å²) in [5.74, 6) is -2.46. The summed E-state index contributed by atoms with van der Waals surface area (Å²) in [6.45, 7) is 2.17. The summed E-state index contributed by atoms with van der Waals surface area (Å²) in [5, 5.41) is 2.70. The van der Waals surface area contributed by atoms with Gasteiger partial charge in [-0.15, -0.1) is 0 Å². The molecule has 10 heavy (non-hydrogen) atoms. The van der Waals surface area contributed by atoms with Gasteiger partial charge in [0.2, 0.25) is 5.92 Å². The van der Waals surface area contributed by atoms with Crippen LogP contribution in [0.1, 0.15) is 26.2 Å². The van der Waals surface area contributed by atoms with Crippen molar-refractivity contribution in [2.75, 3.05) is 13.6 Å². The molecule has 0 aromatic heterocycles. The standard InChI is InChI=1S/C7H15F2N/c1-3-4-7(8,9)5-6-10-2/h10H,3-6H2,1-2H3. The maximum Gasteiger partial charge on any atom is 0.249 e. The minimum atomic E-state index is -2.46. The van der Waals surface area contributed by atoms with Crippen LogP contribution in [0.5, 0.6) is 0 Å². The van der Waals surface area contributed by atoms with Gasteiger partial charge in [0, 0.05) is 19.4 Å². The Kier molecular flexibility index (Phi) is 4.52. The number of rotatable bonds is 5. The molecular weight excluding hydrogens is 136 g/mol. The third-order valence-corrected chi connectivity index (χ3v) is 1.36. The van der Waals surface area contributed by atoms with E-state index in [0.717, 1.165) is 0 Å². The molecule has 0 saturated heterocycles. The van der Waals surface area contributed by atoms with E-state index < -0.39 is 5.92 Å². The molecule has 0 unspecified atom stereocenters. The average molecular weight is 151 g/mol. The van der Waals surface area contributed by atoms with Crippen molar-refractivity contribution in [1.82, 2.24) is 5.32 Å². The zero-order chi connectivity index (χ0) is 8.04. The predicted octanol–water partition coefficient (Wildman–Crippen LogP) is 2.03. The minimum absolute atomic E-state index is 0.00861. The molecular formula is C7H15F2N. The molecule has 0 atom stereocenters. The van der Waals surface area contributed by atoms with Gasteiger partial charge >= 0.3 is 0 Å². The Balaban J connectivity index is 3.42. The van der Waals surface area contributed by atoms with Crippen LogP contribution < -0.4 is 5.32 Å². The maximum absolute atomic E-state index is 12.6. The molecule has 0 spiro atoms. The molecule has 1 N–H and O–H groups in total. The summed E-state index contributed by atoms with van der Waals surface area (Å²) < 4.78 is 25.1. The van der Waals surface area contributed by atoms with Crippen molar-refractivity contribution in [2.24, 2.45) is 0 Å². The fourth-order valence-corrected chi connectivity index (χ4v) is 0.799. The Bertz CT molecular complexity index is 83.7. The van der Waals surface area contributed by atoms with E-state index in [0.29, 0.717) is 13.0 Å². The van der Waals surface area contributed by atoms with Gasteiger partial charge in [0.05, 0.1) is 0 Å². The third kappa shape index (κ3) is 4.68. The summed E-state index contributed by atoms with van der Waals surface area (Å²) in [4.78, 5) is 0. The van der Waals surface area contributed by atoms with E-state index in [1.54, 1.807) is 14.0 Å². The van der Waals surface area contributed by atoms with E-state index in [2.05, 4.69) is 5.32 Å². The van der Waals surface area contributed by atoms with Crippen LogP contribution in [-0.2, 0) is 0 Å². The van der Waals surface area contributed by atoms with E-state index in [4.69, 9.17) is 0 Å². The first-order valence-corrected chi connectivity index (χ1v) is 3.65. The highest BCUT2D eigenvalue weighted by Gasteiger charge is 2.25. The van der Waals surface area contributed by atoms with Gasteiger partial charge in [-0.25, -0.2) is 8.78 Å². The van der Waals surface area contributed by atoms with Gasteiger partial charge in [-0.05, 0) is 7.05 Å². The lowest BCUT2D eigenvalue weighted by Crippen LogP contribution is -2.22. The smallest absolute Gasteiger partial charge is 0.249 e. The van der Waals surface area contributed by atoms with E-state index in [1.165, 1.54) is 0 Å². The SMILES string of the molecule is CCCC(F)(F)CCNC.